The van der Waals surface area contributed by atoms with E-state index in [0.29, 0.717) is 18.6 Å². The zero-order chi connectivity index (χ0) is 13.1. The Labute approximate surface area is 111 Å². The molecule has 19 heavy (non-hydrogen) atoms. The largest absolute Gasteiger partial charge is 0.341 e. The molecule has 0 unspecified atom stereocenters. The second kappa shape index (κ2) is 3.44. The summed E-state index contributed by atoms with van der Waals surface area (Å²) in [5.41, 5.74) is 1.67. The van der Waals surface area contributed by atoms with Crippen LogP contribution >= 0.6 is 0 Å². The lowest BCUT2D eigenvalue weighted by molar-refractivity contribution is -0.126. The van der Waals surface area contributed by atoms with E-state index in [1.807, 2.05) is 12.1 Å². The summed E-state index contributed by atoms with van der Waals surface area (Å²) < 4.78 is 0. The molecule has 0 bridgehead atoms. The van der Waals surface area contributed by atoms with Crippen molar-refractivity contribution in [2.45, 2.75) is 44.1 Å². The molecule has 2 saturated carbocycles. The van der Waals surface area contributed by atoms with Crippen LogP contribution in [0.2, 0.25) is 0 Å². The summed E-state index contributed by atoms with van der Waals surface area (Å²) in [5, 5.41) is 3.13. The Morgan fingerprint density at radius 1 is 1.16 bits per heavy atom. The van der Waals surface area contributed by atoms with Crippen LogP contribution in [-0.2, 0) is 10.3 Å². The van der Waals surface area contributed by atoms with Crippen LogP contribution in [0.1, 0.15) is 54.6 Å². The third-order valence-corrected chi connectivity index (χ3v) is 5.08. The highest BCUT2D eigenvalue weighted by molar-refractivity contribution is 5.99. The second-order valence-corrected chi connectivity index (χ2v) is 6.33. The van der Waals surface area contributed by atoms with Gasteiger partial charge in [-0.25, -0.2) is 0 Å². The predicted molar refractivity (Wildman–Crippen MR) is 68.5 cm³/mol. The van der Waals surface area contributed by atoms with E-state index in [1.54, 1.807) is 6.20 Å². The number of hydrogen-bond acceptors (Lipinski definition) is 3. The van der Waals surface area contributed by atoms with Crippen LogP contribution < -0.4 is 5.32 Å². The highest BCUT2D eigenvalue weighted by atomic mass is 16.2. The molecule has 2 fully saturated rings. The van der Waals surface area contributed by atoms with E-state index in [2.05, 4.69) is 10.3 Å². The SMILES string of the molecule is O=C1CCC2(CC1)CC1(C2)NC(=O)c2cccnc21. The van der Waals surface area contributed by atoms with Gasteiger partial charge in [-0.05, 0) is 43.2 Å². The molecule has 1 aliphatic heterocycles. The number of nitrogens with zero attached hydrogens (tertiary/aromatic N) is 1. The van der Waals surface area contributed by atoms with Crippen molar-refractivity contribution in [2.24, 2.45) is 5.41 Å². The van der Waals surface area contributed by atoms with E-state index in [9.17, 15) is 9.59 Å². The molecule has 0 atom stereocenters. The smallest absolute Gasteiger partial charge is 0.253 e. The third-order valence-electron chi connectivity index (χ3n) is 5.08. The van der Waals surface area contributed by atoms with Gasteiger partial charge in [-0.3, -0.25) is 14.6 Å². The molecule has 1 aromatic heterocycles. The number of Topliss-reactive ketones (excluding diaryl/α,β-unsaturated/α-hetero) is 1. The molecule has 0 aromatic carbocycles. The van der Waals surface area contributed by atoms with Crippen molar-refractivity contribution in [1.82, 2.24) is 10.3 Å². The first kappa shape index (κ1) is 11.1. The number of carbonyl (C=O) groups excluding carboxylic acids is 2. The van der Waals surface area contributed by atoms with E-state index in [-0.39, 0.29) is 16.9 Å². The van der Waals surface area contributed by atoms with Gasteiger partial charge < -0.3 is 5.32 Å². The van der Waals surface area contributed by atoms with Crippen molar-refractivity contribution in [1.29, 1.82) is 0 Å². The molecule has 3 aliphatic rings. The molecular weight excluding hydrogens is 240 g/mol. The Hall–Kier alpha value is -1.71. The lowest BCUT2D eigenvalue weighted by Gasteiger charge is -2.56. The van der Waals surface area contributed by atoms with E-state index in [0.717, 1.165) is 36.9 Å². The number of carbonyl (C=O) groups is 2. The van der Waals surface area contributed by atoms with Gasteiger partial charge in [0, 0.05) is 19.0 Å². The summed E-state index contributed by atoms with van der Waals surface area (Å²) in [7, 11) is 0. The fraction of sp³-hybridized carbons (Fsp3) is 0.533. The average molecular weight is 256 g/mol. The second-order valence-electron chi connectivity index (χ2n) is 6.33. The molecule has 1 amide bonds. The maximum absolute atomic E-state index is 12.0. The topological polar surface area (TPSA) is 59.1 Å². The van der Waals surface area contributed by atoms with Gasteiger partial charge in [0.15, 0.2) is 0 Å². The molecule has 4 rings (SSSR count). The van der Waals surface area contributed by atoms with Crippen LogP contribution in [0.4, 0.5) is 0 Å². The van der Waals surface area contributed by atoms with Gasteiger partial charge in [0.1, 0.15) is 5.78 Å². The Balaban J connectivity index is 1.63. The van der Waals surface area contributed by atoms with Gasteiger partial charge >= 0.3 is 0 Å². The summed E-state index contributed by atoms with van der Waals surface area (Å²) in [4.78, 5) is 27.8. The maximum atomic E-state index is 12.0. The molecular formula is C15H16N2O2. The zero-order valence-corrected chi connectivity index (χ0v) is 10.7. The summed E-state index contributed by atoms with van der Waals surface area (Å²) in [6, 6.07) is 3.66. The standard InChI is InChI=1S/C15H16N2O2/c18-10-3-5-14(6-4-10)8-15(9-14)12-11(13(19)17-15)2-1-7-16-12/h1-2,7H,3-6,8-9H2,(H,17,19). The van der Waals surface area contributed by atoms with Crippen molar-refractivity contribution >= 4 is 11.7 Å². The van der Waals surface area contributed by atoms with Gasteiger partial charge in [0.05, 0.1) is 16.8 Å². The lowest BCUT2D eigenvalue weighted by Crippen LogP contribution is -2.57. The molecule has 2 aliphatic carbocycles. The first-order chi connectivity index (χ1) is 9.13. The average Bonchev–Trinajstić information content (AvgIpc) is 2.67. The van der Waals surface area contributed by atoms with Gasteiger partial charge in [-0.1, -0.05) is 0 Å². The maximum Gasteiger partial charge on any atom is 0.253 e. The van der Waals surface area contributed by atoms with Crippen molar-refractivity contribution in [3.05, 3.63) is 29.6 Å². The fourth-order valence-electron chi connectivity index (χ4n) is 4.21. The van der Waals surface area contributed by atoms with Crippen molar-refractivity contribution < 1.29 is 9.59 Å². The third kappa shape index (κ3) is 1.43. The predicted octanol–water partition coefficient (Wildman–Crippen LogP) is 1.94. The first-order valence-electron chi connectivity index (χ1n) is 6.92. The zero-order valence-electron chi connectivity index (χ0n) is 10.7. The number of rotatable bonds is 0. The van der Waals surface area contributed by atoms with Crippen LogP contribution in [0, 0.1) is 5.41 Å². The normalized spacial score (nSPS) is 26.1. The van der Waals surface area contributed by atoms with Crippen molar-refractivity contribution in [3.63, 3.8) is 0 Å². The van der Waals surface area contributed by atoms with E-state index < -0.39 is 0 Å². The van der Waals surface area contributed by atoms with Crippen LogP contribution in [0.3, 0.4) is 0 Å². The van der Waals surface area contributed by atoms with Gasteiger partial charge in [-0.15, -0.1) is 0 Å². The summed E-state index contributed by atoms with van der Waals surface area (Å²) in [5.74, 6) is 0.394. The van der Waals surface area contributed by atoms with Gasteiger partial charge in [0.25, 0.3) is 5.91 Å². The summed E-state index contributed by atoms with van der Waals surface area (Å²) >= 11 is 0. The Bertz CT molecular complexity index is 576. The van der Waals surface area contributed by atoms with Crippen LogP contribution in [0.15, 0.2) is 18.3 Å². The number of nitrogens with one attached hydrogen (secondary N) is 1. The molecule has 0 radical (unpaired) electrons. The Morgan fingerprint density at radius 2 is 1.89 bits per heavy atom. The van der Waals surface area contributed by atoms with E-state index in [1.165, 1.54) is 0 Å². The lowest BCUT2D eigenvalue weighted by atomic mass is 9.51. The molecule has 1 N–H and O–H groups in total. The monoisotopic (exact) mass is 256 g/mol. The number of ketones is 1. The molecule has 2 spiro atoms. The van der Waals surface area contributed by atoms with Crippen molar-refractivity contribution in [2.75, 3.05) is 0 Å². The quantitative estimate of drug-likeness (QED) is 0.771. The van der Waals surface area contributed by atoms with E-state index in [4.69, 9.17) is 0 Å². The van der Waals surface area contributed by atoms with Crippen LogP contribution in [0.5, 0.6) is 0 Å². The number of pyridine rings is 1. The molecule has 1 aromatic rings. The van der Waals surface area contributed by atoms with Gasteiger partial charge in [0.2, 0.25) is 0 Å². The highest BCUT2D eigenvalue weighted by Crippen LogP contribution is 2.61. The number of fused-ring (bicyclic) bond motifs is 2. The molecule has 4 nitrogen and oxygen atoms in total. The minimum absolute atomic E-state index is 0.00448. The highest BCUT2D eigenvalue weighted by Gasteiger charge is 2.60. The molecule has 0 saturated heterocycles. The molecule has 98 valence electrons. The summed E-state index contributed by atoms with van der Waals surface area (Å²) in [6.07, 6.45) is 7.03. The molecule has 4 heteroatoms. The number of aromatic nitrogens is 1. The van der Waals surface area contributed by atoms with Gasteiger partial charge in [-0.2, -0.15) is 0 Å². The summed E-state index contributed by atoms with van der Waals surface area (Å²) in [6.45, 7) is 0. The number of hydrogen-bond donors (Lipinski definition) is 1. The minimum Gasteiger partial charge on any atom is -0.341 e. The van der Waals surface area contributed by atoms with Crippen molar-refractivity contribution in [3.8, 4) is 0 Å². The number of amides is 1. The van der Waals surface area contributed by atoms with Crippen LogP contribution in [0.25, 0.3) is 0 Å². The minimum atomic E-state index is -0.242. The first-order valence-corrected chi connectivity index (χ1v) is 6.92. The van der Waals surface area contributed by atoms with E-state index >= 15 is 0 Å². The fourth-order valence-corrected chi connectivity index (χ4v) is 4.21. The molecule has 2 heterocycles. The Morgan fingerprint density at radius 3 is 2.63 bits per heavy atom. The Kier molecular flexibility index (Phi) is 2.02. The van der Waals surface area contributed by atoms with Crippen LogP contribution in [-0.4, -0.2) is 16.7 Å².